The van der Waals surface area contributed by atoms with Gasteiger partial charge in [-0.05, 0) is 25.1 Å². The number of nitrogens with zero attached hydrogens (tertiary/aromatic N) is 1. The van der Waals surface area contributed by atoms with Crippen molar-refractivity contribution < 1.29 is 9.66 Å². The maximum atomic E-state index is 11.0. The van der Waals surface area contributed by atoms with Gasteiger partial charge in [0.15, 0.2) is 0 Å². The van der Waals surface area contributed by atoms with Gasteiger partial charge in [-0.25, -0.2) is 0 Å². The lowest BCUT2D eigenvalue weighted by atomic mass is 10.1. The number of halogens is 1. The highest BCUT2D eigenvalue weighted by atomic mass is 35.5. The highest BCUT2D eigenvalue weighted by Gasteiger charge is 2.16. The molecule has 6 heteroatoms. The van der Waals surface area contributed by atoms with E-state index in [1.54, 1.807) is 12.1 Å². The lowest BCUT2D eigenvalue weighted by Crippen LogP contribution is -2.04. The Balaban J connectivity index is 2.16. The van der Waals surface area contributed by atoms with Crippen molar-refractivity contribution in [2.24, 2.45) is 0 Å². The zero-order valence-electron chi connectivity index (χ0n) is 11.5. The molecule has 0 unspecified atom stereocenters. The molecule has 0 aliphatic rings. The van der Waals surface area contributed by atoms with Crippen molar-refractivity contribution in [2.75, 3.05) is 11.9 Å². The van der Waals surface area contributed by atoms with Gasteiger partial charge in [0.1, 0.15) is 5.75 Å². The number of nitro groups is 1. The number of hydrogen-bond acceptors (Lipinski definition) is 4. The van der Waals surface area contributed by atoms with Gasteiger partial charge in [0.05, 0.1) is 22.1 Å². The van der Waals surface area contributed by atoms with Crippen molar-refractivity contribution in [3.05, 3.63) is 63.2 Å². The van der Waals surface area contributed by atoms with Crippen molar-refractivity contribution in [2.45, 2.75) is 13.5 Å². The van der Waals surface area contributed by atoms with Crippen LogP contribution in [0.3, 0.4) is 0 Å². The molecule has 0 heterocycles. The molecule has 5 nitrogen and oxygen atoms in total. The minimum Gasteiger partial charge on any atom is -0.494 e. The summed E-state index contributed by atoms with van der Waals surface area (Å²) in [5, 5.41) is 14.5. The zero-order valence-corrected chi connectivity index (χ0v) is 12.3. The standard InChI is InChI=1S/C15H15ClN2O3/c1-2-21-12-6-3-5-11(9-12)17-10-13-14(16)7-4-8-15(13)18(19)20/h3-9,17H,2,10H2,1H3. The third-order valence-electron chi connectivity index (χ3n) is 2.91. The first kappa shape index (κ1) is 15.1. The topological polar surface area (TPSA) is 64.4 Å². The lowest BCUT2D eigenvalue weighted by molar-refractivity contribution is -0.385. The van der Waals surface area contributed by atoms with Gasteiger partial charge in [-0.1, -0.05) is 23.7 Å². The molecule has 0 atom stereocenters. The number of nitrogens with one attached hydrogen (secondary N) is 1. The van der Waals surface area contributed by atoms with E-state index in [-0.39, 0.29) is 12.2 Å². The molecule has 2 rings (SSSR count). The van der Waals surface area contributed by atoms with Crippen LogP contribution < -0.4 is 10.1 Å². The molecule has 0 spiro atoms. The second kappa shape index (κ2) is 6.95. The number of nitro benzene ring substituents is 1. The summed E-state index contributed by atoms with van der Waals surface area (Å²) in [6.07, 6.45) is 0. The fourth-order valence-electron chi connectivity index (χ4n) is 1.95. The summed E-state index contributed by atoms with van der Waals surface area (Å²) in [4.78, 5) is 10.6. The van der Waals surface area contributed by atoms with Crippen LogP contribution in [0.5, 0.6) is 5.75 Å². The van der Waals surface area contributed by atoms with Gasteiger partial charge in [-0.3, -0.25) is 10.1 Å². The molecule has 110 valence electrons. The number of anilines is 1. The van der Waals surface area contributed by atoms with Crippen LogP contribution in [0.4, 0.5) is 11.4 Å². The fraction of sp³-hybridized carbons (Fsp3) is 0.200. The van der Waals surface area contributed by atoms with Gasteiger partial charge >= 0.3 is 0 Å². The van der Waals surface area contributed by atoms with Crippen LogP contribution in [-0.2, 0) is 6.54 Å². The number of hydrogen-bond donors (Lipinski definition) is 1. The predicted octanol–water partition coefficient (Wildman–Crippen LogP) is 4.26. The zero-order chi connectivity index (χ0) is 15.2. The summed E-state index contributed by atoms with van der Waals surface area (Å²) >= 11 is 6.05. The smallest absolute Gasteiger partial charge is 0.275 e. The van der Waals surface area contributed by atoms with E-state index in [1.807, 2.05) is 31.2 Å². The lowest BCUT2D eigenvalue weighted by Gasteiger charge is -2.10. The van der Waals surface area contributed by atoms with Crippen molar-refractivity contribution in [3.63, 3.8) is 0 Å². The average Bonchev–Trinajstić information content (AvgIpc) is 2.46. The summed E-state index contributed by atoms with van der Waals surface area (Å²) in [5.41, 5.74) is 1.29. The Morgan fingerprint density at radius 3 is 2.76 bits per heavy atom. The molecular formula is C15H15ClN2O3. The second-order valence-electron chi connectivity index (χ2n) is 4.31. The van der Waals surface area contributed by atoms with Gasteiger partial charge in [0.2, 0.25) is 0 Å². The maximum Gasteiger partial charge on any atom is 0.275 e. The van der Waals surface area contributed by atoms with Crippen LogP contribution >= 0.6 is 11.6 Å². The van der Waals surface area contributed by atoms with Gasteiger partial charge in [0, 0.05) is 24.4 Å². The molecule has 1 N–H and O–H groups in total. The van der Waals surface area contributed by atoms with Crippen LogP contribution in [0.25, 0.3) is 0 Å². The predicted molar refractivity (Wildman–Crippen MR) is 83.0 cm³/mol. The first-order valence-electron chi connectivity index (χ1n) is 6.50. The van der Waals surface area contributed by atoms with Crippen molar-refractivity contribution >= 4 is 23.0 Å². The first-order chi connectivity index (χ1) is 10.1. The quantitative estimate of drug-likeness (QED) is 0.640. The Hall–Kier alpha value is -2.27. The minimum atomic E-state index is -0.431. The largest absolute Gasteiger partial charge is 0.494 e. The SMILES string of the molecule is CCOc1cccc(NCc2c(Cl)cccc2[N+](=O)[O-])c1. The number of rotatable bonds is 6. The van der Waals surface area contributed by atoms with Crippen LogP contribution in [-0.4, -0.2) is 11.5 Å². The number of ether oxygens (including phenoxy) is 1. The third kappa shape index (κ3) is 3.86. The fourth-order valence-corrected chi connectivity index (χ4v) is 2.18. The van der Waals surface area contributed by atoms with E-state index in [0.29, 0.717) is 17.2 Å². The molecule has 0 saturated carbocycles. The van der Waals surface area contributed by atoms with Crippen molar-refractivity contribution in [1.29, 1.82) is 0 Å². The molecular weight excluding hydrogens is 292 g/mol. The highest BCUT2D eigenvalue weighted by Crippen LogP contribution is 2.27. The molecule has 21 heavy (non-hydrogen) atoms. The molecule has 0 radical (unpaired) electrons. The molecule has 0 aliphatic heterocycles. The van der Waals surface area contributed by atoms with E-state index in [1.165, 1.54) is 6.07 Å². The van der Waals surface area contributed by atoms with Gasteiger partial charge in [-0.15, -0.1) is 0 Å². The molecule has 0 aromatic heterocycles. The van der Waals surface area contributed by atoms with Gasteiger partial charge in [0.25, 0.3) is 5.69 Å². The minimum absolute atomic E-state index is 0.0102. The summed E-state index contributed by atoms with van der Waals surface area (Å²) in [5.74, 6) is 0.746. The third-order valence-corrected chi connectivity index (χ3v) is 3.26. The Bertz CT molecular complexity index is 647. The monoisotopic (exact) mass is 306 g/mol. The Kier molecular flexibility index (Phi) is 5.00. The van der Waals surface area contributed by atoms with E-state index in [0.717, 1.165) is 11.4 Å². The first-order valence-corrected chi connectivity index (χ1v) is 6.88. The van der Waals surface area contributed by atoms with Gasteiger partial charge < -0.3 is 10.1 Å². The molecule has 0 aliphatic carbocycles. The Labute approximate surface area is 127 Å². The van der Waals surface area contributed by atoms with E-state index < -0.39 is 4.92 Å². The van der Waals surface area contributed by atoms with E-state index >= 15 is 0 Å². The van der Waals surface area contributed by atoms with Crippen LogP contribution in [0.2, 0.25) is 5.02 Å². The van der Waals surface area contributed by atoms with Crippen molar-refractivity contribution in [3.8, 4) is 5.75 Å². The van der Waals surface area contributed by atoms with E-state index in [4.69, 9.17) is 16.3 Å². The summed E-state index contributed by atoms with van der Waals surface area (Å²) in [6, 6.07) is 12.1. The molecule has 0 saturated heterocycles. The molecule has 2 aromatic carbocycles. The van der Waals surface area contributed by atoms with E-state index in [9.17, 15) is 10.1 Å². The number of benzene rings is 2. The second-order valence-corrected chi connectivity index (χ2v) is 4.72. The molecule has 0 fully saturated rings. The summed E-state index contributed by atoms with van der Waals surface area (Å²) < 4.78 is 5.41. The Morgan fingerprint density at radius 2 is 2.05 bits per heavy atom. The van der Waals surface area contributed by atoms with Crippen molar-refractivity contribution in [1.82, 2.24) is 0 Å². The van der Waals surface area contributed by atoms with E-state index in [2.05, 4.69) is 5.32 Å². The van der Waals surface area contributed by atoms with Crippen LogP contribution in [0.1, 0.15) is 12.5 Å². The molecule has 0 amide bonds. The van der Waals surface area contributed by atoms with Crippen LogP contribution in [0, 0.1) is 10.1 Å². The highest BCUT2D eigenvalue weighted by molar-refractivity contribution is 6.31. The van der Waals surface area contributed by atoms with Crippen LogP contribution in [0.15, 0.2) is 42.5 Å². The Morgan fingerprint density at radius 1 is 1.29 bits per heavy atom. The molecule has 0 bridgehead atoms. The summed E-state index contributed by atoms with van der Waals surface area (Å²) in [6.45, 7) is 2.76. The maximum absolute atomic E-state index is 11.0. The summed E-state index contributed by atoms with van der Waals surface area (Å²) in [7, 11) is 0. The van der Waals surface area contributed by atoms with Gasteiger partial charge in [-0.2, -0.15) is 0 Å². The molecule has 2 aromatic rings. The normalized spacial score (nSPS) is 10.2. The average molecular weight is 307 g/mol.